The lowest BCUT2D eigenvalue weighted by atomic mass is 10.1. The third-order valence-electron chi connectivity index (χ3n) is 3.41. The van der Waals surface area contributed by atoms with E-state index in [2.05, 4.69) is 26.5 Å². The molecule has 6 heteroatoms. The van der Waals surface area contributed by atoms with Gasteiger partial charge in [0.25, 0.3) is 5.91 Å². The summed E-state index contributed by atoms with van der Waals surface area (Å²) in [7, 11) is 0. The molecule has 24 heavy (non-hydrogen) atoms. The minimum atomic E-state index is -0.369. The number of carbonyl (C=O) groups excluding carboxylic acids is 1. The lowest BCUT2D eigenvalue weighted by molar-refractivity contribution is -0.123. The summed E-state index contributed by atoms with van der Waals surface area (Å²) in [5, 5.41) is 13.8. The summed E-state index contributed by atoms with van der Waals surface area (Å²) in [6, 6.07) is 10.7. The zero-order chi connectivity index (χ0) is 17.7. The van der Waals surface area contributed by atoms with Crippen molar-refractivity contribution in [3.05, 3.63) is 57.6 Å². The quantitative estimate of drug-likeness (QED) is 0.603. The minimum Gasteiger partial charge on any atom is -0.507 e. The lowest BCUT2D eigenvalue weighted by Crippen LogP contribution is -2.26. The van der Waals surface area contributed by atoms with Crippen LogP contribution in [0.4, 0.5) is 0 Å². The van der Waals surface area contributed by atoms with Crippen LogP contribution >= 0.6 is 15.9 Å². The summed E-state index contributed by atoms with van der Waals surface area (Å²) in [4.78, 5) is 11.9. The molecule has 0 saturated heterocycles. The van der Waals surface area contributed by atoms with Gasteiger partial charge in [-0.05, 0) is 56.2 Å². The summed E-state index contributed by atoms with van der Waals surface area (Å²) >= 11 is 3.42. The van der Waals surface area contributed by atoms with Crippen LogP contribution in [0, 0.1) is 13.8 Å². The molecule has 0 unspecified atom stereocenters. The van der Waals surface area contributed by atoms with Gasteiger partial charge in [0.05, 0.1) is 5.71 Å². The Morgan fingerprint density at radius 1 is 1.25 bits per heavy atom. The van der Waals surface area contributed by atoms with Gasteiger partial charge in [0.1, 0.15) is 11.5 Å². The number of nitrogens with zero attached hydrogens (tertiary/aromatic N) is 1. The molecule has 0 fully saturated rings. The van der Waals surface area contributed by atoms with Crippen molar-refractivity contribution in [2.75, 3.05) is 6.61 Å². The summed E-state index contributed by atoms with van der Waals surface area (Å²) < 4.78 is 6.56. The molecule has 2 aromatic carbocycles. The van der Waals surface area contributed by atoms with E-state index in [0.29, 0.717) is 17.0 Å². The number of nitrogens with one attached hydrogen (secondary N) is 1. The van der Waals surface area contributed by atoms with Crippen molar-refractivity contribution in [3.63, 3.8) is 0 Å². The van der Waals surface area contributed by atoms with Gasteiger partial charge >= 0.3 is 0 Å². The number of hydrogen-bond donors (Lipinski definition) is 2. The van der Waals surface area contributed by atoms with E-state index in [0.717, 1.165) is 15.6 Å². The molecule has 5 nitrogen and oxygen atoms in total. The third kappa shape index (κ3) is 4.58. The first-order valence-corrected chi connectivity index (χ1v) is 8.19. The van der Waals surface area contributed by atoms with E-state index in [-0.39, 0.29) is 18.3 Å². The van der Waals surface area contributed by atoms with Crippen molar-refractivity contribution in [3.8, 4) is 11.5 Å². The molecule has 0 spiro atoms. The van der Waals surface area contributed by atoms with Crippen molar-refractivity contribution in [1.29, 1.82) is 0 Å². The summed E-state index contributed by atoms with van der Waals surface area (Å²) in [5.41, 5.74) is 5.41. The number of halogens is 1. The van der Waals surface area contributed by atoms with E-state index < -0.39 is 0 Å². The standard InChI is InChI=1S/C18H19BrN2O3/c1-11-8-14(19)9-12(2)18(11)24-10-17(23)21-20-13(3)15-6-4-5-7-16(15)22/h4-9,22H,10H2,1-3H3,(H,21,23)/b20-13+. The highest BCUT2D eigenvalue weighted by Crippen LogP contribution is 2.27. The second-order valence-electron chi connectivity index (χ2n) is 5.41. The van der Waals surface area contributed by atoms with Crippen LogP contribution in [0.5, 0.6) is 11.5 Å². The van der Waals surface area contributed by atoms with Crippen LogP contribution in [0.25, 0.3) is 0 Å². The molecule has 2 N–H and O–H groups in total. The Morgan fingerprint density at radius 2 is 1.88 bits per heavy atom. The smallest absolute Gasteiger partial charge is 0.277 e. The molecule has 0 heterocycles. The zero-order valence-electron chi connectivity index (χ0n) is 13.8. The normalized spacial score (nSPS) is 11.2. The Kier molecular flexibility index (Phi) is 5.98. The van der Waals surface area contributed by atoms with Crippen LogP contribution in [0.15, 0.2) is 46.0 Å². The first-order chi connectivity index (χ1) is 11.4. The second kappa shape index (κ2) is 7.97. The number of phenolic OH excluding ortho intramolecular Hbond substituents is 1. The number of ether oxygens (including phenoxy) is 1. The van der Waals surface area contributed by atoms with Gasteiger partial charge in [0, 0.05) is 10.0 Å². The molecule has 0 aliphatic carbocycles. The second-order valence-corrected chi connectivity index (χ2v) is 6.32. The van der Waals surface area contributed by atoms with Gasteiger partial charge in [0.15, 0.2) is 6.61 Å². The number of amides is 1. The molecule has 0 atom stereocenters. The molecular weight excluding hydrogens is 372 g/mol. The number of rotatable bonds is 5. The summed E-state index contributed by atoms with van der Waals surface area (Å²) in [6.45, 7) is 5.41. The molecule has 1 amide bonds. The fraction of sp³-hybridized carbons (Fsp3) is 0.222. The summed E-state index contributed by atoms with van der Waals surface area (Å²) in [6.07, 6.45) is 0. The van der Waals surface area contributed by atoms with Crippen LogP contribution < -0.4 is 10.2 Å². The number of para-hydroxylation sites is 1. The summed E-state index contributed by atoms with van der Waals surface area (Å²) in [5.74, 6) is 0.437. The van der Waals surface area contributed by atoms with E-state index in [9.17, 15) is 9.90 Å². The Morgan fingerprint density at radius 3 is 2.50 bits per heavy atom. The molecule has 2 aromatic rings. The molecule has 2 rings (SSSR count). The predicted octanol–water partition coefficient (Wildman–Crippen LogP) is 3.69. The fourth-order valence-electron chi connectivity index (χ4n) is 2.28. The van der Waals surface area contributed by atoms with Gasteiger partial charge in [-0.2, -0.15) is 5.10 Å². The number of benzene rings is 2. The third-order valence-corrected chi connectivity index (χ3v) is 3.87. The van der Waals surface area contributed by atoms with Crippen molar-refractivity contribution in [2.24, 2.45) is 5.10 Å². The maximum atomic E-state index is 11.9. The Balaban J connectivity index is 1.97. The molecule has 0 bridgehead atoms. The van der Waals surface area contributed by atoms with E-state index in [1.807, 2.05) is 26.0 Å². The van der Waals surface area contributed by atoms with Crippen molar-refractivity contribution < 1.29 is 14.6 Å². The average Bonchev–Trinajstić information content (AvgIpc) is 2.52. The highest BCUT2D eigenvalue weighted by Gasteiger charge is 2.09. The molecule has 0 aliphatic rings. The lowest BCUT2D eigenvalue weighted by Gasteiger charge is -2.12. The Hall–Kier alpha value is -2.34. The average molecular weight is 391 g/mol. The number of carbonyl (C=O) groups is 1. The number of hydrogen-bond acceptors (Lipinski definition) is 4. The van der Waals surface area contributed by atoms with Gasteiger partial charge in [-0.3, -0.25) is 4.79 Å². The number of hydrazone groups is 1. The first-order valence-electron chi connectivity index (χ1n) is 7.39. The molecule has 0 aliphatic heterocycles. The Bertz CT molecular complexity index is 765. The Labute approximate surface area is 149 Å². The molecule has 0 radical (unpaired) electrons. The van der Waals surface area contributed by atoms with Crippen LogP contribution in [-0.4, -0.2) is 23.3 Å². The van der Waals surface area contributed by atoms with Crippen LogP contribution in [-0.2, 0) is 4.79 Å². The van der Waals surface area contributed by atoms with E-state index in [1.54, 1.807) is 31.2 Å². The topological polar surface area (TPSA) is 70.9 Å². The molecule has 0 aromatic heterocycles. The maximum absolute atomic E-state index is 11.9. The number of aryl methyl sites for hydroxylation is 2. The van der Waals surface area contributed by atoms with E-state index in [4.69, 9.17) is 4.74 Å². The van der Waals surface area contributed by atoms with Crippen molar-refractivity contribution >= 4 is 27.5 Å². The van der Waals surface area contributed by atoms with E-state index in [1.165, 1.54) is 0 Å². The zero-order valence-corrected chi connectivity index (χ0v) is 15.3. The number of phenols is 1. The van der Waals surface area contributed by atoms with Gasteiger partial charge in [-0.25, -0.2) is 5.43 Å². The van der Waals surface area contributed by atoms with Crippen LogP contribution in [0.2, 0.25) is 0 Å². The van der Waals surface area contributed by atoms with Gasteiger partial charge in [-0.1, -0.05) is 28.1 Å². The largest absolute Gasteiger partial charge is 0.507 e. The predicted molar refractivity (Wildman–Crippen MR) is 97.6 cm³/mol. The number of aromatic hydroxyl groups is 1. The van der Waals surface area contributed by atoms with Gasteiger partial charge in [-0.15, -0.1) is 0 Å². The molecular formula is C18H19BrN2O3. The maximum Gasteiger partial charge on any atom is 0.277 e. The van der Waals surface area contributed by atoms with Gasteiger partial charge in [0.2, 0.25) is 0 Å². The van der Waals surface area contributed by atoms with Crippen molar-refractivity contribution in [2.45, 2.75) is 20.8 Å². The van der Waals surface area contributed by atoms with E-state index >= 15 is 0 Å². The van der Waals surface area contributed by atoms with Crippen molar-refractivity contribution in [1.82, 2.24) is 5.43 Å². The monoisotopic (exact) mass is 390 g/mol. The highest BCUT2D eigenvalue weighted by molar-refractivity contribution is 9.10. The van der Waals surface area contributed by atoms with Gasteiger partial charge < -0.3 is 9.84 Å². The molecule has 0 saturated carbocycles. The highest BCUT2D eigenvalue weighted by atomic mass is 79.9. The molecule has 126 valence electrons. The minimum absolute atomic E-state index is 0.116. The van der Waals surface area contributed by atoms with Crippen LogP contribution in [0.3, 0.4) is 0 Å². The fourth-order valence-corrected chi connectivity index (χ4v) is 2.97. The SMILES string of the molecule is C/C(=N\NC(=O)COc1c(C)cc(Br)cc1C)c1ccccc1O. The first kappa shape index (κ1) is 18.0. The van der Waals surface area contributed by atoms with Crippen LogP contribution in [0.1, 0.15) is 23.6 Å².